The average Bonchev–Trinajstić information content (AvgIpc) is 2.97. The molecule has 24 heavy (non-hydrogen) atoms. The SMILES string of the molecule is Cc1nc(-c2ccccc2OCCN(C)C)nn1-c1ccccc1. The molecule has 124 valence electrons. The Bertz CT molecular complexity index is 796. The number of aryl methyl sites for hydroxylation is 1. The number of ether oxygens (including phenoxy) is 1. The van der Waals surface area contributed by atoms with E-state index in [9.17, 15) is 0 Å². The van der Waals surface area contributed by atoms with Crippen LogP contribution in [0.25, 0.3) is 17.1 Å². The zero-order chi connectivity index (χ0) is 16.9. The Labute approximate surface area is 142 Å². The van der Waals surface area contributed by atoms with Gasteiger partial charge in [-0.2, -0.15) is 0 Å². The van der Waals surface area contributed by atoms with E-state index in [2.05, 4.69) is 15.0 Å². The number of hydrogen-bond donors (Lipinski definition) is 0. The lowest BCUT2D eigenvalue weighted by molar-refractivity contribution is 0.262. The minimum atomic E-state index is 0.627. The van der Waals surface area contributed by atoms with E-state index in [0.29, 0.717) is 12.4 Å². The summed E-state index contributed by atoms with van der Waals surface area (Å²) in [5.74, 6) is 2.33. The maximum Gasteiger partial charge on any atom is 0.185 e. The highest BCUT2D eigenvalue weighted by Crippen LogP contribution is 2.28. The third-order valence-corrected chi connectivity index (χ3v) is 3.69. The highest BCUT2D eigenvalue weighted by molar-refractivity contribution is 5.64. The number of para-hydroxylation sites is 2. The molecule has 0 saturated carbocycles. The fourth-order valence-corrected chi connectivity index (χ4v) is 2.43. The molecule has 2 aromatic carbocycles. The summed E-state index contributed by atoms with van der Waals surface area (Å²) in [4.78, 5) is 6.71. The van der Waals surface area contributed by atoms with Crippen LogP contribution in [0.3, 0.4) is 0 Å². The normalized spacial score (nSPS) is 11.0. The molecule has 0 aliphatic carbocycles. The highest BCUT2D eigenvalue weighted by Gasteiger charge is 2.14. The number of rotatable bonds is 6. The van der Waals surface area contributed by atoms with Gasteiger partial charge in [-0.15, -0.1) is 5.10 Å². The number of aromatic nitrogens is 3. The molecular formula is C19H22N4O. The van der Waals surface area contributed by atoms with Gasteiger partial charge in [0.25, 0.3) is 0 Å². The van der Waals surface area contributed by atoms with Crippen molar-refractivity contribution in [1.29, 1.82) is 0 Å². The Morgan fingerprint density at radius 2 is 1.71 bits per heavy atom. The summed E-state index contributed by atoms with van der Waals surface area (Å²) in [5.41, 5.74) is 1.91. The minimum Gasteiger partial charge on any atom is -0.491 e. The van der Waals surface area contributed by atoms with E-state index in [1.54, 1.807) is 0 Å². The van der Waals surface area contributed by atoms with Gasteiger partial charge >= 0.3 is 0 Å². The zero-order valence-electron chi connectivity index (χ0n) is 14.3. The van der Waals surface area contributed by atoms with Crippen molar-refractivity contribution in [2.75, 3.05) is 27.2 Å². The van der Waals surface area contributed by atoms with Crippen molar-refractivity contribution in [2.24, 2.45) is 0 Å². The quantitative estimate of drug-likeness (QED) is 0.699. The summed E-state index contributed by atoms with van der Waals surface area (Å²) in [6.45, 7) is 3.45. The van der Waals surface area contributed by atoms with E-state index >= 15 is 0 Å². The van der Waals surface area contributed by atoms with Crippen molar-refractivity contribution in [3.63, 3.8) is 0 Å². The van der Waals surface area contributed by atoms with Crippen LogP contribution in [-0.4, -0.2) is 46.9 Å². The van der Waals surface area contributed by atoms with Gasteiger partial charge in [-0.05, 0) is 45.3 Å². The van der Waals surface area contributed by atoms with Crippen LogP contribution >= 0.6 is 0 Å². The molecule has 0 saturated heterocycles. The molecule has 0 aliphatic rings. The van der Waals surface area contributed by atoms with Gasteiger partial charge in [0.1, 0.15) is 18.2 Å². The first-order chi connectivity index (χ1) is 11.6. The van der Waals surface area contributed by atoms with Crippen molar-refractivity contribution in [3.05, 3.63) is 60.4 Å². The van der Waals surface area contributed by atoms with Crippen LogP contribution < -0.4 is 4.74 Å². The van der Waals surface area contributed by atoms with Crippen LogP contribution in [0.15, 0.2) is 54.6 Å². The lowest BCUT2D eigenvalue weighted by atomic mass is 10.2. The Hall–Kier alpha value is -2.66. The van der Waals surface area contributed by atoms with Gasteiger partial charge in [-0.25, -0.2) is 9.67 Å². The van der Waals surface area contributed by atoms with Gasteiger partial charge in [0.2, 0.25) is 0 Å². The first kappa shape index (κ1) is 16.2. The van der Waals surface area contributed by atoms with Gasteiger partial charge < -0.3 is 9.64 Å². The van der Waals surface area contributed by atoms with Crippen molar-refractivity contribution in [2.45, 2.75) is 6.92 Å². The van der Waals surface area contributed by atoms with Crippen LogP contribution in [0.2, 0.25) is 0 Å². The lowest BCUT2D eigenvalue weighted by Crippen LogP contribution is -2.19. The molecule has 0 spiro atoms. The molecule has 0 atom stereocenters. The first-order valence-corrected chi connectivity index (χ1v) is 8.01. The Balaban J connectivity index is 1.90. The van der Waals surface area contributed by atoms with Gasteiger partial charge in [0, 0.05) is 6.54 Å². The molecule has 0 fully saturated rings. The predicted octanol–water partition coefficient (Wildman–Crippen LogP) is 3.18. The summed E-state index contributed by atoms with van der Waals surface area (Å²) in [6.07, 6.45) is 0. The van der Waals surface area contributed by atoms with Gasteiger partial charge in [-0.3, -0.25) is 0 Å². The molecule has 1 heterocycles. The topological polar surface area (TPSA) is 43.2 Å². The van der Waals surface area contributed by atoms with Crippen molar-refractivity contribution < 1.29 is 4.74 Å². The summed E-state index contributed by atoms with van der Waals surface area (Å²) >= 11 is 0. The van der Waals surface area contributed by atoms with Gasteiger partial charge in [0.05, 0.1) is 11.3 Å². The van der Waals surface area contributed by atoms with E-state index in [1.165, 1.54) is 0 Å². The molecular weight excluding hydrogens is 300 g/mol. The highest BCUT2D eigenvalue weighted by atomic mass is 16.5. The molecule has 0 unspecified atom stereocenters. The Kier molecular flexibility index (Phi) is 4.91. The maximum absolute atomic E-state index is 5.93. The molecule has 0 bridgehead atoms. The number of likely N-dealkylation sites (N-methyl/N-ethyl adjacent to an activating group) is 1. The Morgan fingerprint density at radius 1 is 1.00 bits per heavy atom. The fourth-order valence-electron chi connectivity index (χ4n) is 2.43. The van der Waals surface area contributed by atoms with Crippen LogP contribution in [0.5, 0.6) is 5.75 Å². The third kappa shape index (κ3) is 3.63. The molecule has 5 nitrogen and oxygen atoms in total. The largest absolute Gasteiger partial charge is 0.491 e. The molecule has 0 radical (unpaired) electrons. The summed E-state index contributed by atoms with van der Waals surface area (Å²) < 4.78 is 7.78. The van der Waals surface area contributed by atoms with Crippen LogP contribution in [0.1, 0.15) is 5.82 Å². The Morgan fingerprint density at radius 3 is 2.46 bits per heavy atom. The zero-order valence-corrected chi connectivity index (χ0v) is 14.3. The van der Waals surface area contributed by atoms with E-state index in [4.69, 9.17) is 4.74 Å². The predicted molar refractivity (Wildman–Crippen MR) is 95.6 cm³/mol. The molecule has 0 aliphatic heterocycles. The summed E-state index contributed by atoms with van der Waals surface area (Å²) in [6, 6.07) is 17.9. The fraction of sp³-hybridized carbons (Fsp3) is 0.263. The molecule has 0 amide bonds. The van der Waals surface area contributed by atoms with Gasteiger partial charge in [-0.1, -0.05) is 30.3 Å². The van der Waals surface area contributed by atoms with Gasteiger partial charge in [0.15, 0.2) is 5.82 Å². The first-order valence-electron chi connectivity index (χ1n) is 8.01. The number of hydrogen-bond acceptors (Lipinski definition) is 4. The monoisotopic (exact) mass is 322 g/mol. The van der Waals surface area contributed by atoms with E-state index in [0.717, 1.165) is 29.4 Å². The second-order valence-electron chi connectivity index (χ2n) is 5.88. The average molecular weight is 322 g/mol. The molecule has 5 heteroatoms. The lowest BCUT2D eigenvalue weighted by Gasteiger charge is -2.12. The van der Waals surface area contributed by atoms with Crippen molar-refractivity contribution >= 4 is 0 Å². The third-order valence-electron chi connectivity index (χ3n) is 3.69. The molecule has 1 aromatic heterocycles. The molecule has 3 rings (SSSR count). The molecule has 0 N–H and O–H groups in total. The summed E-state index contributed by atoms with van der Waals surface area (Å²) in [5, 5.41) is 4.67. The molecule has 3 aromatic rings. The minimum absolute atomic E-state index is 0.627. The number of benzene rings is 2. The van der Waals surface area contributed by atoms with E-state index < -0.39 is 0 Å². The second-order valence-corrected chi connectivity index (χ2v) is 5.88. The number of nitrogens with zero attached hydrogens (tertiary/aromatic N) is 4. The van der Waals surface area contributed by atoms with E-state index in [-0.39, 0.29) is 0 Å². The van der Waals surface area contributed by atoms with Crippen molar-refractivity contribution in [1.82, 2.24) is 19.7 Å². The standard InChI is InChI=1S/C19H22N4O/c1-15-20-19(21-23(15)16-9-5-4-6-10-16)17-11-7-8-12-18(17)24-14-13-22(2)3/h4-12H,13-14H2,1-3H3. The smallest absolute Gasteiger partial charge is 0.185 e. The van der Waals surface area contributed by atoms with E-state index in [1.807, 2.05) is 80.3 Å². The maximum atomic E-state index is 5.93. The van der Waals surface area contributed by atoms with Crippen molar-refractivity contribution in [3.8, 4) is 22.8 Å². The second kappa shape index (κ2) is 7.27. The van der Waals surface area contributed by atoms with Crippen LogP contribution in [0, 0.1) is 6.92 Å². The summed E-state index contributed by atoms with van der Waals surface area (Å²) in [7, 11) is 4.06. The van der Waals surface area contributed by atoms with Crippen LogP contribution in [-0.2, 0) is 0 Å². The van der Waals surface area contributed by atoms with Crippen LogP contribution in [0.4, 0.5) is 0 Å².